The topological polar surface area (TPSA) is 69.0 Å². The van der Waals surface area contributed by atoms with Crippen LogP contribution >= 0.6 is 0 Å². The summed E-state index contributed by atoms with van der Waals surface area (Å²) >= 11 is 0. The Morgan fingerprint density at radius 3 is 2.68 bits per heavy atom. The molecular formula is C13H14FN3O2. The zero-order chi connectivity index (χ0) is 13.8. The van der Waals surface area contributed by atoms with Crippen molar-refractivity contribution in [2.45, 2.75) is 13.5 Å². The molecular weight excluding hydrogens is 249 g/mol. The van der Waals surface area contributed by atoms with Gasteiger partial charge in [-0.25, -0.2) is 9.18 Å². The molecule has 1 amide bonds. The van der Waals surface area contributed by atoms with E-state index in [1.54, 1.807) is 25.1 Å². The molecule has 0 radical (unpaired) electrons. The molecule has 0 fully saturated rings. The zero-order valence-corrected chi connectivity index (χ0v) is 10.4. The number of benzene rings is 1. The second-order valence-corrected chi connectivity index (χ2v) is 4.07. The Bertz CT molecular complexity index is 633. The van der Waals surface area contributed by atoms with Crippen LogP contribution in [0.4, 0.5) is 4.39 Å². The number of hydrogen-bond donors (Lipinski definition) is 2. The van der Waals surface area contributed by atoms with Crippen LogP contribution in [0.3, 0.4) is 0 Å². The third-order valence-electron chi connectivity index (χ3n) is 2.81. The first-order valence-electron chi connectivity index (χ1n) is 5.92. The number of amides is 1. The van der Waals surface area contributed by atoms with Crippen LogP contribution in [-0.4, -0.2) is 27.3 Å². The van der Waals surface area contributed by atoms with Crippen LogP contribution in [0.5, 0.6) is 0 Å². The van der Waals surface area contributed by atoms with E-state index in [1.807, 2.05) is 0 Å². The second kappa shape index (κ2) is 5.51. The molecule has 0 aliphatic rings. The predicted octanol–water partition coefficient (Wildman–Crippen LogP) is 1.50. The number of nitrogens with zero attached hydrogens (tertiary/aromatic N) is 1. The SMILES string of the molecule is CCN(Cc1ccccc1F)C(=O)c1c[nH]c(=O)[nH]1. The van der Waals surface area contributed by atoms with Crippen LogP contribution < -0.4 is 5.69 Å². The molecule has 0 bridgehead atoms. The lowest BCUT2D eigenvalue weighted by Gasteiger charge is -2.20. The fourth-order valence-corrected chi connectivity index (χ4v) is 1.78. The van der Waals surface area contributed by atoms with Crippen LogP contribution in [0, 0.1) is 5.82 Å². The summed E-state index contributed by atoms with van der Waals surface area (Å²) in [6.45, 7) is 2.37. The van der Waals surface area contributed by atoms with E-state index in [4.69, 9.17) is 0 Å². The zero-order valence-electron chi connectivity index (χ0n) is 10.4. The van der Waals surface area contributed by atoms with Gasteiger partial charge in [0.05, 0.1) is 0 Å². The van der Waals surface area contributed by atoms with Gasteiger partial charge in [-0.2, -0.15) is 0 Å². The molecule has 0 aliphatic heterocycles. The van der Waals surface area contributed by atoms with Crippen molar-refractivity contribution in [3.63, 3.8) is 0 Å². The number of carbonyl (C=O) groups is 1. The van der Waals surface area contributed by atoms with Gasteiger partial charge in [0.15, 0.2) is 0 Å². The van der Waals surface area contributed by atoms with Crippen LogP contribution in [-0.2, 0) is 6.54 Å². The molecule has 100 valence electrons. The van der Waals surface area contributed by atoms with Gasteiger partial charge in [-0.1, -0.05) is 18.2 Å². The highest BCUT2D eigenvalue weighted by atomic mass is 19.1. The molecule has 2 rings (SSSR count). The standard InChI is InChI=1S/C13H14FN3O2/c1-2-17(8-9-5-3-4-6-10(9)14)12(18)11-7-15-13(19)16-11/h3-7H,2,8H2,1H3,(H2,15,16,19). The van der Waals surface area contributed by atoms with Gasteiger partial charge in [0, 0.05) is 24.8 Å². The molecule has 0 saturated carbocycles. The van der Waals surface area contributed by atoms with Gasteiger partial charge >= 0.3 is 5.69 Å². The normalized spacial score (nSPS) is 10.4. The van der Waals surface area contributed by atoms with Crippen molar-refractivity contribution in [2.24, 2.45) is 0 Å². The van der Waals surface area contributed by atoms with Gasteiger partial charge in [-0.05, 0) is 13.0 Å². The first-order chi connectivity index (χ1) is 9.11. The van der Waals surface area contributed by atoms with Crippen LogP contribution in [0.25, 0.3) is 0 Å². The van der Waals surface area contributed by atoms with Gasteiger partial charge in [-0.15, -0.1) is 0 Å². The molecule has 0 atom stereocenters. The van der Waals surface area contributed by atoms with Crippen molar-refractivity contribution < 1.29 is 9.18 Å². The Labute approximate surface area is 109 Å². The summed E-state index contributed by atoms with van der Waals surface area (Å²) in [5, 5.41) is 0. The second-order valence-electron chi connectivity index (χ2n) is 4.07. The summed E-state index contributed by atoms with van der Waals surface area (Å²) < 4.78 is 13.6. The molecule has 0 spiro atoms. The van der Waals surface area contributed by atoms with Crippen molar-refractivity contribution in [2.75, 3.05) is 6.54 Å². The van der Waals surface area contributed by atoms with Gasteiger partial charge < -0.3 is 14.9 Å². The smallest absolute Gasteiger partial charge is 0.323 e. The highest BCUT2D eigenvalue weighted by molar-refractivity contribution is 5.92. The van der Waals surface area contributed by atoms with E-state index >= 15 is 0 Å². The minimum absolute atomic E-state index is 0.162. The Kier molecular flexibility index (Phi) is 3.79. The van der Waals surface area contributed by atoms with Crippen molar-refractivity contribution in [3.8, 4) is 0 Å². The van der Waals surface area contributed by atoms with Gasteiger partial charge in [0.2, 0.25) is 0 Å². The third-order valence-corrected chi connectivity index (χ3v) is 2.81. The Balaban J connectivity index is 2.19. The molecule has 6 heteroatoms. The molecule has 1 aromatic heterocycles. The summed E-state index contributed by atoms with van der Waals surface area (Å²) in [5.74, 6) is -0.694. The van der Waals surface area contributed by atoms with Crippen LogP contribution in [0.2, 0.25) is 0 Å². The van der Waals surface area contributed by atoms with Gasteiger partial charge in [0.1, 0.15) is 11.5 Å². The number of H-pyrrole nitrogens is 2. The first kappa shape index (κ1) is 13.1. The number of aromatic amines is 2. The van der Waals surface area contributed by atoms with Gasteiger partial charge in [0.25, 0.3) is 5.91 Å². The Hall–Kier alpha value is -2.37. The summed E-state index contributed by atoms with van der Waals surface area (Å²) in [6.07, 6.45) is 1.31. The van der Waals surface area contributed by atoms with Crippen molar-refractivity contribution in [1.29, 1.82) is 0 Å². The van der Waals surface area contributed by atoms with E-state index in [9.17, 15) is 14.0 Å². The van der Waals surface area contributed by atoms with E-state index in [2.05, 4.69) is 9.97 Å². The highest BCUT2D eigenvalue weighted by Gasteiger charge is 2.17. The quantitative estimate of drug-likeness (QED) is 0.877. The van der Waals surface area contributed by atoms with E-state index in [-0.39, 0.29) is 24.0 Å². The van der Waals surface area contributed by atoms with E-state index in [0.29, 0.717) is 12.1 Å². The molecule has 1 heterocycles. The van der Waals surface area contributed by atoms with Crippen molar-refractivity contribution in [3.05, 3.63) is 58.0 Å². The lowest BCUT2D eigenvalue weighted by atomic mass is 10.2. The molecule has 0 unspecified atom stereocenters. The maximum absolute atomic E-state index is 13.6. The predicted molar refractivity (Wildman–Crippen MR) is 68.2 cm³/mol. The lowest BCUT2D eigenvalue weighted by molar-refractivity contribution is 0.0745. The van der Waals surface area contributed by atoms with Crippen molar-refractivity contribution >= 4 is 5.91 Å². The monoisotopic (exact) mass is 263 g/mol. The average Bonchev–Trinajstić information content (AvgIpc) is 2.84. The molecule has 2 aromatic rings. The highest BCUT2D eigenvalue weighted by Crippen LogP contribution is 2.11. The number of hydrogen-bond acceptors (Lipinski definition) is 2. The van der Waals surface area contributed by atoms with E-state index in [1.165, 1.54) is 17.2 Å². The number of rotatable bonds is 4. The number of imidazole rings is 1. The maximum Gasteiger partial charge on any atom is 0.323 e. The minimum atomic E-state index is -0.440. The molecule has 0 saturated heterocycles. The largest absolute Gasteiger partial charge is 0.333 e. The molecule has 2 N–H and O–H groups in total. The van der Waals surface area contributed by atoms with Crippen molar-refractivity contribution in [1.82, 2.24) is 14.9 Å². The van der Waals surface area contributed by atoms with E-state index in [0.717, 1.165) is 0 Å². The fraction of sp³-hybridized carbons (Fsp3) is 0.231. The Morgan fingerprint density at radius 1 is 1.37 bits per heavy atom. The number of carbonyl (C=O) groups excluding carboxylic acids is 1. The average molecular weight is 263 g/mol. The maximum atomic E-state index is 13.6. The van der Waals surface area contributed by atoms with Crippen LogP contribution in [0.1, 0.15) is 23.0 Å². The van der Waals surface area contributed by atoms with E-state index < -0.39 is 5.69 Å². The third kappa shape index (κ3) is 2.90. The fourth-order valence-electron chi connectivity index (χ4n) is 1.78. The summed E-state index contributed by atoms with van der Waals surface area (Å²) in [5.41, 5.74) is 0.170. The first-order valence-corrected chi connectivity index (χ1v) is 5.92. The lowest BCUT2D eigenvalue weighted by Crippen LogP contribution is -2.31. The molecule has 19 heavy (non-hydrogen) atoms. The summed E-state index contributed by atoms with van der Waals surface area (Å²) in [6, 6.07) is 6.30. The number of nitrogens with one attached hydrogen (secondary N) is 2. The molecule has 5 nitrogen and oxygen atoms in total. The van der Waals surface area contributed by atoms with Gasteiger partial charge in [-0.3, -0.25) is 4.79 Å². The number of halogens is 1. The molecule has 0 aliphatic carbocycles. The Morgan fingerprint density at radius 2 is 2.11 bits per heavy atom. The van der Waals surface area contributed by atoms with Crippen LogP contribution in [0.15, 0.2) is 35.3 Å². The summed E-state index contributed by atoms with van der Waals surface area (Å²) in [4.78, 5) is 29.3. The number of aromatic nitrogens is 2. The minimum Gasteiger partial charge on any atom is -0.333 e. The summed E-state index contributed by atoms with van der Waals surface area (Å²) in [7, 11) is 0. The molecule has 1 aromatic carbocycles.